The maximum Gasteiger partial charge on any atom is 0.330 e. The summed E-state index contributed by atoms with van der Waals surface area (Å²) in [4.78, 5) is 11.3. The highest BCUT2D eigenvalue weighted by atomic mass is 28.4. The first kappa shape index (κ1) is 27.3. The van der Waals surface area contributed by atoms with Gasteiger partial charge in [0, 0.05) is 12.7 Å². The molecule has 0 unspecified atom stereocenters. The van der Waals surface area contributed by atoms with E-state index in [-0.39, 0.29) is 5.97 Å². The third-order valence-corrected chi connectivity index (χ3v) is 11.1. The lowest BCUT2D eigenvalue weighted by Gasteiger charge is -2.42. The third kappa shape index (κ3) is 10.6. The Labute approximate surface area is 180 Å². The number of rotatable bonds is 13. The smallest absolute Gasteiger partial charge is 0.330 e. The molecule has 0 N–H and O–H groups in total. The van der Waals surface area contributed by atoms with Gasteiger partial charge in [0.2, 0.25) is 0 Å². The fourth-order valence-electron chi connectivity index (χ4n) is 3.86. The number of carbonyl (C=O) groups excluding carboxylic acids is 1. The summed E-state index contributed by atoms with van der Waals surface area (Å²) in [7, 11) is -1.75. The van der Waals surface area contributed by atoms with Gasteiger partial charge in [0.1, 0.15) is 0 Å². The van der Waals surface area contributed by atoms with Crippen LogP contribution < -0.4 is 0 Å². The lowest BCUT2D eigenvalue weighted by atomic mass is 10.2. The minimum absolute atomic E-state index is 0.303. The second-order valence-electron chi connectivity index (χ2n) is 8.15. The van der Waals surface area contributed by atoms with E-state index in [0.29, 0.717) is 23.2 Å². The van der Waals surface area contributed by atoms with Crippen LogP contribution in [0.25, 0.3) is 0 Å². The van der Waals surface area contributed by atoms with Crippen molar-refractivity contribution in [3.63, 3.8) is 0 Å². The highest BCUT2D eigenvalue weighted by Crippen LogP contribution is 2.42. The fraction of sp³-hybridized carbons (Fsp3) is 0.560. The van der Waals surface area contributed by atoms with Gasteiger partial charge in [-0.05, 0) is 42.5 Å². The van der Waals surface area contributed by atoms with Crippen LogP contribution in [0, 0.1) is 0 Å². The molecule has 0 aromatic carbocycles. The first-order valence-corrected chi connectivity index (χ1v) is 13.0. The lowest BCUT2D eigenvalue weighted by Crippen LogP contribution is -2.47. The van der Waals surface area contributed by atoms with E-state index in [1.807, 2.05) is 43.4 Å². The van der Waals surface area contributed by atoms with Gasteiger partial charge in [-0.3, -0.25) is 0 Å². The van der Waals surface area contributed by atoms with E-state index in [4.69, 9.17) is 9.16 Å². The van der Waals surface area contributed by atoms with Gasteiger partial charge in [0.05, 0.1) is 6.61 Å². The first-order chi connectivity index (χ1) is 13.7. The molecule has 29 heavy (non-hydrogen) atoms. The second kappa shape index (κ2) is 15.2. The Morgan fingerprint density at radius 2 is 1.38 bits per heavy atom. The van der Waals surface area contributed by atoms with Crippen molar-refractivity contribution in [2.75, 3.05) is 13.2 Å². The zero-order valence-corrected chi connectivity index (χ0v) is 20.8. The molecule has 0 rings (SSSR count). The molecule has 0 aromatic heterocycles. The van der Waals surface area contributed by atoms with Crippen LogP contribution >= 0.6 is 0 Å². The van der Waals surface area contributed by atoms with Crippen molar-refractivity contribution in [3.05, 3.63) is 60.3 Å². The van der Waals surface area contributed by atoms with Gasteiger partial charge in [-0.1, -0.05) is 90.2 Å². The zero-order valence-electron chi connectivity index (χ0n) is 19.8. The van der Waals surface area contributed by atoms with Crippen LogP contribution in [0.1, 0.15) is 61.8 Å². The summed E-state index contributed by atoms with van der Waals surface area (Å²) in [6.45, 7) is 18.8. The predicted octanol–water partition coefficient (Wildman–Crippen LogP) is 7.30. The number of carbonyl (C=O) groups is 1. The number of hydrogen-bond donors (Lipinski definition) is 0. The Bertz CT molecular complexity index is 586. The normalized spacial score (nSPS) is 14.1. The zero-order chi connectivity index (χ0) is 22.3. The largest absolute Gasteiger partial charge is 0.463 e. The molecule has 0 spiro atoms. The van der Waals surface area contributed by atoms with Gasteiger partial charge < -0.3 is 9.16 Å². The Balaban J connectivity index is 4.38. The monoisotopic (exact) mass is 418 g/mol. The van der Waals surface area contributed by atoms with Crippen molar-refractivity contribution in [2.45, 2.75) is 78.4 Å². The second-order valence-corrected chi connectivity index (χ2v) is 13.6. The maximum absolute atomic E-state index is 11.3. The molecular formula is C25H42O3Si. The van der Waals surface area contributed by atoms with Gasteiger partial charge >= 0.3 is 5.97 Å². The highest BCUT2D eigenvalue weighted by molar-refractivity contribution is 6.77. The van der Waals surface area contributed by atoms with Crippen LogP contribution in [0.3, 0.4) is 0 Å². The molecule has 0 heterocycles. The van der Waals surface area contributed by atoms with Gasteiger partial charge in [-0.2, -0.15) is 0 Å². The molecule has 0 aliphatic heterocycles. The van der Waals surface area contributed by atoms with Crippen LogP contribution in [0.15, 0.2) is 60.3 Å². The molecule has 0 saturated carbocycles. The average molecular weight is 419 g/mol. The van der Waals surface area contributed by atoms with Crippen molar-refractivity contribution in [1.82, 2.24) is 0 Å². The summed E-state index contributed by atoms with van der Waals surface area (Å²) >= 11 is 0. The van der Waals surface area contributed by atoms with E-state index in [2.05, 4.69) is 53.7 Å². The minimum Gasteiger partial charge on any atom is -0.463 e. The van der Waals surface area contributed by atoms with Crippen LogP contribution in [0.2, 0.25) is 16.6 Å². The van der Waals surface area contributed by atoms with Crippen LogP contribution in [0.5, 0.6) is 0 Å². The van der Waals surface area contributed by atoms with E-state index >= 15 is 0 Å². The third-order valence-electron chi connectivity index (χ3n) is 5.03. The topological polar surface area (TPSA) is 35.5 Å². The molecule has 4 heteroatoms. The quantitative estimate of drug-likeness (QED) is 0.103. The fourth-order valence-corrected chi connectivity index (χ4v) is 9.33. The summed E-state index contributed by atoms with van der Waals surface area (Å²) in [5, 5.41) is 0. The Morgan fingerprint density at radius 3 is 1.90 bits per heavy atom. The van der Waals surface area contributed by atoms with E-state index in [1.165, 1.54) is 6.08 Å². The van der Waals surface area contributed by atoms with E-state index in [1.54, 1.807) is 6.92 Å². The number of allylic oxidation sites excluding steroid dienone is 8. The Morgan fingerprint density at radius 1 is 0.862 bits per heavy atom. The number of ether oxygens (including phenoxy) is 1. The van der Waals surface area contributed by atoms with Gasteiger partial charge in [-0.25, -0.2) is 4.79 Å². The molecular weight excluding hydrogens is 376 g/mol. The molecule has 164 valence electrons. The van der Waals surface area contributed by atoms with Crippen LogP contribution in [-0.2, 0) is 14.0 Å². The van der Waals surface area contributed by atoms with Crippen molar-refractivity contribution >= 4 is 14.3 Å². The first-order valence-electron chi connectivity index (χ1n) is 10.8. The molecule has 0 atom stereocenters. The molecule has 0 aliphatic carbocycles. The molecule has 0 aliphatic rings. The average Bonchev–Trinajstić information content (AvgIpc) is 2.61. The van der Waals surface area contributed by atoms with Crippen molar-refractivity contribution in [1.29, 1.82) is 0 Å². The van der Waals surface area contributed by atoms with Crippen LogP contribution in [-0.4, -0.2) is 27.5 Å². The summed E-state index contributed by atoms with van der Waals surface area (Å²) in [5.41, 5.74) is 2.74. The van der Waals surface area contributed by atoms with E-state index < -0.39 is 8.32 Å². The molecule has 0 amide bonds. The lowest BCUT2D eigenvalue weighted by molar-refractivity contribution is -0.137. The molecule has 0 aromatic rings. The van der Waals surface area contributed by atoms with Gasteiger partial charge in [-0.15, -0.1) is 0 Å². The highest BCUT2D eigenvalue weighted by Gasteiger charge is 2.44. The number of esters is 1. The van der Waals surface area contributed by atoms with Crippen LogP contribution in [0.4, 0.5) is 0 Å². The predicted molar refractivity (Wildman–Crippen MR) is 129 cm³/mol. The summed E-state index contributed by atoms with van der Waals surface area (Å²) in [5.74, 6) is -0.303. The SMILES string of the molecule is CCOC(=O)/C=C(C)/C=C/C=C/C=C/C=C/CCO[Si](C(C)C)(C(C)C)C(C)C. The summed E-state index contributed by atoms with van der Waals surface area (Å²) < 4.78 is 11.4. The van der Waals surface area contributed by atoms with Gasteiger partial charge in [0.25, 0.3) is 0 Å². The van der Waals surface area contributed by atoms with Crippen molar-refractivity contribution in [3.8, 4) is 0 Å². The Hall–Kier alpha value is -1.65. The Kier molecular flexibility index (Phi) is 14.4. The van der Waals surface area contributed by atoms with E-state index in [0.717, 1.165) is 18.6 Å². The maximum atomic E-state index is 11.3. The van der Waals surface area contributed by atoms with Crippen molar-refractivity contribution in [2.24, 2.45) is 0 Å². The standard InChI is InChI=1S/C25H42O3Si/c1-9-27-25(26)20-24(8)18-16-14-12-10-11-13-15-17-19-28-29(21(2)3,22(4)5)23(6)7/h10-16,18,20-23H,9,17,19H2,1-8H3/b11-10+,14-12+,15-13+,18-16+,24-20+. The molecule has 0 bridgehead atoms. The molecule has 0 radical (unpaired) electrons. The van der Waals surface area contributed by atoms with Gasteiger partial charge in [0.15, 0.2) is 8.32 Å². The number of hydrogen-bond acceptors (Lipinski definition) is 3. The summed E-state index contributed by atoms with van der Waals surface area (Å²) in [6.07, 6.45) is 18.3. The minimum atomic E-state index is -1.75. The van der Waals surface area contributed by atoms with Crippen molar-refractivity contribution < 1.29 is 14.0 Å². The molecule has 3 nitrogen and oxygen atoms in total. The van der Waals surface area contributed by atoms with E-state index in [9.17, 15) is 4.79 Å². The summed E-state index contributed by atoms with van der Waals surface area (Å²) in [6, 6.07) is 0. The molecule has 0 fully saturated rings. The molecule has 0 saturated heterocycles.